The molecule has 2 N–H and O–H groups in total. The molecule has 0 radical (unpaired) electrons. The maximum Gasteiger partial charge on any atom is 0.360 e. The summed E-state index contributed by atoms with van der Waals surface area (Å²) in [5.41, 5.74) is -0.0721. The minimum absolute atomic E-state index is 0.00713. The van der Waals surface area contributed by atoms with E-state index in [0.29, 0.717) is 19.6 Å². The minimum Gasteiger partial charge on any atom is -0.464 e. The normalized spacial score (nSPS) is 10.0. The summed E-state index contributed by atoms with van der Waals surface area (Å²) in [7, 11) is 2.62. The SMILES string of the molecule is CCOCCn1nc(C(=O)OC)c(NC=O)c1C(=O)NC. The Hall–Kier alpha value is -2.42. The molecule has 0 aliphatic heterocycles. The van der Waals surface area contributed by atoms with Crippen molar-refractivity contribution < 1.29 is 23.9 Å². The van der Waals surface area contributed by atoms with E-state index in [1.54, 1.807) is 0 Å². The van der Waals surface area contributed by atoms with Gasteiger partial charge in [0.2, 0.25) is 6.41 Å². The molecule has 1 aromatic rings. The van der Waals surface area contributed by atoms with Crippen molar-refractivity contribution in [3.63, 3.8) is 0 Å². The Morgan fingerprint density at radius 2 is 2.14 bits per heavy atom. The second-order valence-electron chi connectivity index (χ2n) is 3.83. The van der Waals surface area contributed by atoms with Gasteiger partial charge in [-0.2, -0.15) is 5.10 Å². The summed E-state index contributed by atoms with van der Waals surface area (Å²) in [5.74, 6) is -1.24. The lowest BCUT2D eigenvalue weighted by Crippen LogP contribution is -2.24. The molecule has 0 aliphatic rings. The van der Waals surface area contributed by atoms with Crippen LogP contribution in [0, 0.1) is 0 Å². The van der Waals surface area contributed by atoms with E-state index in [-0.39, 0.29) is 23.6 Å². The number of carbonyl (C=O) groups is 3. The Balaban J connectivity index is 3.29. The van der Waals surface area contributed by atoms with Crippen LogP contribution in [-0.2, 0) is 20.8 Å². The quantitative estimate of drug-likeness (QED) is 0.385. The van der Waals surface area contributed by atoms with Crippen LogP contribution in [0.15, 0.2) is 0 Å². The topological polar surface area (TPSA) is 112 Å². The summed E-state index contributed by atoms with van der Waals surface area (Å²) >= 11 is 0. The standard InChI is InChI=1S/C12H18N4O5/c1-4-21-6-5-16-10(11(18)13-2)8(14-7-17)9(15-16)12(19)20-3/h7H,4-6H2,1-3H3,(H,13,18)(H,14,17). The first-order valence-corrected chi connectivity index (χ1v) is 6.29. The number of methoxy groups -OCH3 is 1. The van der Waals surface area contributed by atoms with Crippen LogP contribution in [-0.4, -0.2) is 55.4 Å². The van der Waals surface area contributed by atoms with Crippen molar-refractivity contribution >= 4 is 24.0 Å². The first kappa shape index (κ1) is 16.6. The fourth-order valence-corrected chi connectivity index (χ4v) is 1.70. The van der Waals surface area contributed by atoms with Gasteiger partial charge in [-0.15, -0.1) is 0 Å². The zero-order chi connectivity index (χ0) is 15.8. The third kappa shape index (κ3) is 3.78. The number of hydrogen-bond donors (Lipinski definition) is 2. The van der Waals surface area contributed by atoms with Crippen LogP contribution in [0.4, 0.5) is 5.69 Å². The van der Waals surface area contributed by atoms with E-state index in [4.69, 9.17) is 4.74 Å². The Morgan fingerprint density at radius 3 is 2.67 bits per heavy atom. The molecule has 9 nitrogen and oxygen atoms in total. The van der Waals surface area contributed by atoms with Gasteiger partial charge >= 0.3 is 5.97 Å². The number of anilines is 1. The van der Waals surface area contributed by atoms with Gasteiger partial charge in [-0.1, -0.05) is 0 Å². The van der Waals surface area contributed by atoms with Gasteiger partial charge in [0, 0.05) is 13.7 Å². The van der Waals surface area contributed by atoms with Crippen LogP contribution in [0.1, 0.15) is 27.9 Å². The van der Waals surface area contributed by atoms with Gasteiger partial charge in [0.1, 0.15) is 5.69 Å². The van der Waals surface area contributed by atoms with Gasteiger partial charge in [-0.3, -0.25) is 14.3 Å². The number of aromatic nitrogens is 2. The summed E-state index contributed by atoms with van der Waals surface area (Å²) in [5, 5.41) is 8.77. The van der Waals surface area contributed by atoms with E-state index in [1.165, 1.54) is 18.8 Å². The molecule has 116 valence electrons. The van der Waals surface area contributed by atoms with Gasteiger partial charge in [0.25, 0.3) is 5.91 Å². The highest BCUT2D eigenvalue weighted by atomic mass is 16.5. The van der Waals surface area contributed by atoms with Gasteiger partial charge < -0.3 is 20.1 Å². The summed E-state index contributed by atoms with van der Waals surface area (Å²) in [6.45, 7) is 2.91. The third-order valence-electron chi connectivity index (χ3n) is 2.63. The van der Waals surface area contributed by atoms with E-state index in [9.17, 15) is 14.4 Å². The zero-order valence-electron chi connectivity index (χ0n) is 12.1. The lowest BCUT2D eigenvalue weighted by molar-refractivity contribution is -0.105. The van der Waals surface area contributed by atoms with Crippen LogP contribution in [0.25, 0.3) is 0 Å². The molecule has 0 bridgehead atoms. The Labute approximate surface area is 121 Å². The third-order valence-corrected chi connectivity index (χ3v) is 2.63. The van der Waals surface area contributed by atoms with E-state index in [1.807, 2.05) is 6.92 Å². The van der Waals surface area contributed by atoms with E-state index in [0.717, 1.165) is 0 Å². The van der Waals surface area contributed by atoms with Gasteiger partial charge in [-0.05, 0) is 6.92 Å². The zero-order valence-corrected chi connectivity index (χ0v) is 12.1. The van der Waals surface area contributed by atoms with Crippen molar-refractivity contribution in [1.29, 1.82) is 0 Å². The van der Waals surface area contributed by atoms with Crippen molar-refractivity contribution in [1.82, 2.24) is 15.1 Å². The molecule has 0 aliphatic carbocycles. The molecule has 21 heavy (non-hydrogen) atoms. The van der Waals surface area contributed by atoms with E-state index >= 15 is 0 Å². The molecule has 1 rings (SSSR count). The summed E-state index contributed by atoms with van der Waals surface area (Å²) in [6, 6.07) is 0. The number of ether oxygens (including phenoxy) is 2. The van der Waals surface area contributed by atoms with Crippen molar-refractivity contribution in [2.24, 2.45) is 0 Å². The van der Waals surface area contributed by atoms with Crippen molar-refractivity contribution in [3.05, 3.63) is 11.4 Å². The van der Waals surface area contributed by atoms with E-state index in [2.05, 4.69) is 20.5 Å². The lowest BCUT2D eigenvalue weighted by atomic mass is 10.2. The second-order valence-corrected chi connectivity index (χ2v) is 3.83. The van der Waals surface area contributed by atoms with Crippen LogP contribution in [0.2, 0.25) is 0 Å². The highest BCUT2D eigenvalue weighted by molar-refractivity contribution is 6.06. The highest BCUT2D eigenvalue weighted by Crippen LogP contribution is 2.21. The number of amides is 2. The fourth-order valence-electron chi connectivity index (χ4n) is 1.70. The molecular formula is C12H18N4O5. The molecule has 0 fully saturated rings. The summed E-state index contributed by atoms with van der Waals surface area (Å²) in [4.78, 5) is 34.4. The smallest absolute Gasteiger partial charge is 0.360 e. The van der Waals surface area contributed by atoms with Crippen LogP contribution >= 0.6 is 0 Å². The number of carbonyl (C=O) groups excluding carboxylic acids is 3. The molecule has 0 unspecified atom stereocenters. The van der Waals surface area contributed by atoms with Crippen molar-refractivity contribution in [3.8, 4) is 0 Å². The number of esters is 1. The Morgan fingerprint density at radius 1 is 1.43 bits per heavy atom. The molecule has 0 saturated heterocycles. The van der Waals surface area contributed by atoms with Crippen molar-refractivity contribution in [2.75, 3.05) is 32.7 Å². The average Bonchev–Trinajstić information content (AvgIpc) is 2.85. The first-order chi connectivity index (χ1) is 10.1. The first-order valence-electron chi connectivity index (χ1n) is 6.29. The summed E-state index contributed by atoms with van der Waals surface area (Å²) in [6.07, 6.45) is 0.364. The molecule has 0 aromatic carbocycles. The van der Waals surface area contributed by atoms with Crippen LogP contribution in [0.3, 0.4) is 0 Å². The maximum atomic E-state index is 12.0. The lowest BCUT2D eigenvalue weighted by Gasteiger charge is -2.07. The average molecular weight is 298 g/mol. The number of nitrogens with zero attached hydrogens (tertiary/aromatic N) is 2. The highest BCUT2D eigenvalue weighted by Gasteiger charge is 2.27. The van der Waals surface area contributed by atoms with Gasteiger partial charge in [-0.25, -0.2) is 4.79 Å². The Kier molecular flexibility index (Phi) is 6.34. The molecule has 2 amide bonds. The monoisotopic (exact) mass is 298 g/mol. The molecular weight excluding hydrogens is 280 g/mol. The second kappa shape index (κ2) is 8.00. The van der Waals surface area contributed by atoms with Gasteiger partial charge in [0.15, 0.2) is 11.4 Å². The molecule has 1 heterocycles. The number of nitrogens with one attached hydrogen (secondary N) is 2. The predicted octanol–water partition coefficient (Wildman–Crippen LogP) is -0.366. The van der Waals surface area contributed by atoms with Crippen LogP contribution in [0.5, 0.6) is 0 Å². The molecule has 0 spiro atoms. The molecule has 1 aromatic heterocycles. The largest absolute Gasteiger partial charge is 0.464 e. The van der Waals surface area contributed by atoms with E-state index < -0.39 is 11.9 Å². The maximum absolute atomic E-state index is 12.0. The Bertz CT molecular complexity index is 526. The van der Waals surface area contributed by atoms with Crippen molar-refractivity contribution in [2.45, 2.75) is 13.5 Å². The summed E-state index contributed by atoms with van der Waals surface area (Å²) < 4.78 is 11.1. The number of rotatable bonds is 8. The molecule has 9 heteroatoms. The molecule has 0 atom stereocenters. The fraction of sp³-hybridized carbons (Fsp3) is 0.500. The van der Waals surface area contributed by atoms with Crippen LogP contribution < -0.4 is 10.6 Å². The molecule has 0 saturated carbocycles. The number of hydrogen-bond acceptors (Lipinski definition) is 6. The minimum atomic E-state index is -0.750. The van der Waals surface area contributed by atoms with Gasteiger partial charge in [0.05, 0.1) is 20.3 Å². The predicted molar refractivity (Wildman–Crippen MR) is 73.1 cm³/mol.